The van der Waals surface area contributed by atoms with E-state index in [9.17, 15) is 0 Å². The third kappa shape index (κ3) is 3.05. The van der Waals surface area contributed by atoms with Gasteiger partial charge in [0.25, 0.3) is 5.78 Å². The number of aromatic nitrogens is 4. The third-order valence-electron chi connectivity index (χ3n) is 5.07. The van der Waals surface area contributed by atoms with Gasteiger partial charge in [0, 0.05) is 17.7 Å². The number of hydrogen-bond acceptors (Lipinski definition) is 4. The van der Waals surface area contributed by atoms with E-state index in [-0.39, 0.29) is 0 Å². The second kappa shape index (κ2) is 6.50. The molecule has 0 radical (unpaired) electrons. The molecule has 5 heteroatoms. The summed E-state index contributed by atoms with van der Waals surface area (Å²) in [6.45, 7) is 2.10. The minimum atomic E-state index is 0.677. The normalized spacial score (nSPS) is 13.1. The molecule has 2 aromatic heterocycles. The van der Waals surface area contributed by atoms with Crippen LogP contribution in [0.25, 0.3) is 5.78 Å². The molecular weight excluding hydrogens is 334 g/mol. The van der Waals surface area contributed by atoms with Crippen LogP contribution < -0.4 is 5.32 Å². The molecule has 0 bridgehead atoms. The minimum absolute atomic E-state index is 0.677. The first-order chi connectivity index (χ1) is 13.3. The Labute approximate surface area is 158 Å². The fourth-order valence-electron chi connectivity index (χ4n) is 3.67. The van der Waals surface area contributed by atoms with Crippen molar-refractivity contribution in [2.45, 2.75) is 32.6 Å². The molecule has 5 nitrogen and oxygen atoms in total. The van der Waals surface area contributed by atoms with Gasteiger partial charge in [-0.2, -0.15) is 9.50 Å². The second-order valence-corrected chi connectivity index (χ2v) is 7.13. The Kier molecular flexibility index (Phi) is 3.85. The summed E-state index contributed by atoms with van der Waals surface area (Å²) >= 11 is 0. The first-order valence-corrected chi connectivity index (χ1v) is 9.41. The number of rotatable bonds is 4. The summed E-state index contributed by atoms with van der Waals surface area (Å²) in [6.07, 6.45) is 3.88. The Morgan fingerprint density at radius 3 is 2.59 bits per heavy atom. The smallest absolute Gasteiger partial charge is 0.254 e. The van der Waals surface area contributed by atoms with E-state index in [2.05, 4.69) is 48.6 Å². The number of nitrogens with zero attached hydrogens (tertiary/aromatic N) is 4. The number of nitrogens with one attached hydrogen (secondary N) is 1. The van der Waals surface area contributed by atoms with Crippen molar-refractivity contribution in [3.63, 3.8) is 0 Å². The molecule has 0 atom stereocenters. The van der Waals surface area contributed by atoms with Crippen molar-refractivity contribution in [1.29, 1.82) is 0 Å². The molecule has 0 spiro atoms. The van der Waals surface area contributed by atoms with Crippen LogP contribution in [0.4, 0.5) is 11.5 Å². The Hall–Kier alpha value is -3.21. The van der Waals surface area contributed by atoms with Gasteiger partial charge in [-0.05, 0) is 43.9 Å². The van der Waals surface area contributed by atoms with Gasteiger partial charge in [0.1, 0.15) is 5.82 Å². The monoisotopic (exact) mass is 355 g/mol. The van der Waals surface area contributed by atoms with Crippen molar-refractivity contribution in [2.24, 2.45) is 0 Å². The van der Waals surface area contributed by atoms with Gasteiger partial charge in [0.15, 0.2) is 5.82 Å². The van der Waals surface area contributed by atoms with Gasteiger partial charge in [0.2, 0.25) is 0 Å². The van der Waals surface area contributed by atoms with Crippen LogP contribution >= 0.6 is 0 Å². The molecule has 5 rings (SSSR count). The number of para-hydroxylation sites is 1. The number of hydrogen-bond donors (Lipinski definition) is 1. The predicted molar refractivity (Wildman–Crippen MR) is 107 cm³/mol. The predicted octanol–water partition coefficient (Wildman–Crippen LogP) is 4.26. The van der Waals surface area contributed by atoms with E-state index < -0.39 is 0 Å². The average Bonchev–Trinajstić information content (AvgIpc) is 3.31. The van der Waals surface area contributed by atoms with E-state index >= 15 is 0 Å². The van der Waals surface area contributed by atoms with Gasteiger partial charge < -0.3 is 5.32 Å². The molecule has 0 aliphatic heterocycles. The van der Waals surface area contributed by atoms with E-state index in [0.717, 1.165) is 42.3 Å². The lowest BCUT2D eigenvalue weighted by molar-refractivity contribution is 0.885. The topological polar surface area (TPSA) is 55.1 Å². The molecule has 1 aliphatic rings. The van der Waals surface area contributed by atoms with Gasteiger partial charge >= 0.3 is 0 Å². The Morgan fingerprint density at radius 2 is 1.78 bits per heavy atom. The highest BCUT2D eigenvalue weighted by Crippen LogP contribution is 2.30. The maximum atomic E-state index is 4.78. The van der Waals surface area contributed by atoms with Crippen LogP contribution in [0.2, 0.25) is 0 Å². The number of aryl methyl sites for hydroxylation is 2. The molecule has 2 aromatic carbocycles. The van der Waals surface area contributed by atoms with Crippen LogP contribution in [-0.4, -0.2) is 19.6 Å². The quantitative estimate of drug-likeness (QED) is 0.594. The van der Waals surface area contributed by atoms with Gasteiger partial charge in [0.05, 0.1) is 5.69 Å². The van der Waals surface area contributed by atoms with E-state index in [0.29, 0.717) is 12.2 Å². The van der Waals surface area contributed by atoms with E-state index in [1.807, 2.05) is 22.7 Å². The average molecular weight is 355 g/mol. The fraction of sp³-hybridized carbons (Fsp3) is 0.227. The standard InChI is InChI=1S/C22H21N5/c1-15-10-12-16(13-11-15)14-20-25-22-24-19-9-5-8-18(19)21(27(22)26-20)23-17-6-3-2-4-7-17/h2-4,6-7,10-13,23H,5,8-9,14H2,1H3. The summed E-state index contributed by atoms with van der Waals surface area (Å²) in [7, 11) is 0. The van der Waals surface area contributed by atoms with Gasteiger partial charge in [-0.15, -0.1) is 5.10 Å². The molecule has 134 valence electrons. The van der Waals surface area contributed by atoms with Crippen molar-refractivity contribution in [3.05, 3.63) is 82.8 Å². The molecule has 0 unspecified atom stereocenters. The summed E-state index contributed by atoms with van der Waals surface area (Å²) in [6, 6.07) is 18.7. The lowest BCUT2D eigenvalue weighted by Gasteiger charge is -2.12. The van der Waals surface area contributed by atoms with Crippen molar-refractivity contribution in [1.82, 2.24) is 19.6 Å². The van der Waals surface area contributed by atoms with Crippen LogP contribution in [0.5, 0.6) is 0 Å². The third-order valence-corrected chi connectivity index (χ3v) is 5.07. The SMILES string of the molecule is Cc1ccc(Cc2nc3nc4c(c(Nc5ccccc5)n3n2)CCC4)cc1. The van der Waals surface area contributed by atoms with Gasteiger partial charge in [-0.3, -0.25) is 0 Å². The summed E-state index contributed by atoms with van der Waals surface area (Å²) in [5.74, 6) is 2.48. The molecule has 0 saturated carbocycles. The summed E-state index contributed by atoms with van der Waals surface area (Å²) < 4.78 is 1.88. The summed E-state index contributed by atoms with van der Waals surface area (Å²) in [5.41, 5.74) is 5.93. The highest BCUT2D eigenvalue weighted by Gasteiger charge is 2.22. The van der Waals surface area contributed by atoms with Crippen LogP contribution in [-0.2, 0) is 19.3 Å². The maximum absolute atomic E-state index is 4.78. The molecule has 0 fully saturated rings. The molecule has 4 aromatic rings. The fourth-order valence-corrected chi connectivity index (χ4v) is 3.67. The summed E-state index contributed by atoms with van der Waals surface area (Å²) in [4.78, 5) is 9.49. The van der Waals surface area contributed by atoms with Gasteiger partial charge in [-0.25, -0.2) is 4.98 Å². The minimum Gasteiger partial charge on any atom is -0.340 e. The largest absolute Gasteiger partial charge is 0.340 e. The second-order valence-electron chi connectivity index (χ2n) is 7.13. The molecule has 0 saturated heterocycles. The first kappa shape index (κ1) is 16.0. The maximum Gasteiger partial charge on any atom is 0.254 e. The van der Waals surface area contributed by atoms with Crippen molar-refractivity contribution in [3.8, 4) is 0 Å². The van der Waals surface area contributed by atoms with Crippen LogP contribution in [0.15, 0.2) is 54.6 Å². The molecule has 0 amide bonds. The molecular formula is C22H21N5. The van der Waals surface area contributed by atoms with Crippen LogP contribution in [0.1, 0.15) is 34.6 Å². The Balaban J connectivity index is 1.57. The number of benzene rings is 2. The lowest BCUT2D eigenvalue weighted by atomic mass is 10.1. The Morgan fingerprint density at radius 1 is 0.963 bits per heavy atom. The molecule has 1 aliphatic carbocycles. The van der Waals surface area contributed by atoms with E-state index in [4.69, 9.17) is 15.1 Å². The van der Waals surface area contributed by atoms with Crippen molar-refractivity contribution in [2.75, 3.05) is 5.32 Å². The zero-order valence-electron chi connectivity index (χ0n) is 15.3. The van der Waals surface area contributed by atoms with Crippen LogP contribution in [0.3, 0.4) is 0 Å². The molecule has 1 N–H and O–H groups in total. The highest BCUT2D eigenvalue weighted by atomic mass is 15.4. The molecule has 27 heavy (non-hydrogen) atoms. The van der Waals surface area contributed by atoms with Crippen LogP contribution in [0, 0.1) is 6.92 Å². The lowest BCUT2D eigenvalue weighted by Crippen LogP contribution is -2.07. The summed E-state index contributed by atoms with van der Waals surface area (Å²) in [5, 5.41) is 8.34. The van der Waals surface area contributed by atoms with Crippen molar-refractivity contribution >= 4 is 17.3 Å². The zero-order valence-corrected chi connectivity index (χ0v) is 15.3. The highest BCUT2D eigenvalue weighted by molar-refractivity contribution is 5.63. The number of fused-ring (bicyclic) bond motifs is 2. The number of anilines is 2. The first-order valence-electron chi connectivity index (χ1n) is 9.41. The van der Waals surface area contributed by atoms with E-state index in [1.165, 1.54) is 16.7 Å². The zero-order chi connectivity index (χ0) is 18.2. The van der Waals surface area contributed by atoms with E-state index in [1.54, 1.807) is 0 Å². The molecule has 2 heterocycles. The Bertz CT molecular complexity index is 1100. The van der Waals surface area contributed by atoms with Gasteiger partial charge in [-0.1, -0.05) is 48.0 Å². The van der Waals surface area contributed by atoms with Crippen molar-refractivity contribution < 1.29 is 0 Å².